The molecule has 0 aromatic heterocycles. The fraction of sp³-hybridized carbons (Fsp3) is 0.429. The molecule has 1 aromatic rings. The average molecular weight is 263 g/mol. The minimum Gasteiger partial charge on any atom is -0.508 e. The lowest BCUT2D eigenvalue weighted by Crippen LogP contribution is -2.28. The largest absolute Gasteiger partial charge is 0.508 e. The molecule has 1 aliphatic heterocycles. The number of likely N-dealkylation sites (tertiary alicyclic amines) is 1. The van der Waals surface area contributed by atoms with E-state index in [1.165, 1.54) is 13.0 Å². The molecule has 2 rings (SSSR count). The third-order valence-corrected chi connectivity index (χ3v) is 3.19. The highest BCUT2D eigenvalue weighted by Crippen LogP contribution is 2.24. The molecule has 19 heavy (non-hydrogen) atoms. The van der Waals surface area contributed by atoms with Crippen LogP contribution in [0.15, 0.2) is 18.2 Å². The molecule has 0 saturated carbocycles. The van der Waals surface area contributed by atoms with Crippen LogP contribution in [0.2, 0.25) is 0 Å². The number of carbonyl (C=O) groups excluding carboxylic acids is 2. The van der Waals surface area contributed by atoms with Crippen molar-refractivity contribution in [2.45, 2.75) is 26.4 Å². The second-order valence-corrected chi connectivity index (χ2v) is 4.58. The summed E-state index contributed by atoms with van der Waals surface area (Å²) < 4.78 is 4.89. The van der Waals surface area contributed by atoms with Crippen molar-refractivity contribution in [3.8, 4) is 5.75 Å². The monoisotopic (exact) mass is 263 g/mol. The quantitative estimate of drug-likeness (QED) is 0.843. The number of phenols is 1. The van der Waals surface area contributed by atoms with Crippen molar-refractivity contribution in [2.24, 2.45) is 0 Å². The summed E-state index contributed by atoms with van der Waals surface area (Å²) in [4.78, 5) is 25.0. The highest BCUT2D eigenvalue weighted by Gasteiger charge is 2.23. The minimum atomic E-state index is -0.442. The van der Waals surface area contributed by atoms with Crippen LogP contribution in [0.25, 0.3) is 0 Å². The molecule has 0 aliphatic carbocycles. The van der Waals surface area contributed by atoms with Gasteiger partial charge in [-0.2, -0.15) is 0 Å². The molecular formula is C14H17NO4. The van der Waals surface area contributed by atoms with E-state index in [1.54, 1.807) is 17.0 Å². The number of aromatic hydroxyl groups is 1. The Hall–Kier alpha value is -2.04. The van der Waals surface area contributed by atoms with Gasteiger partial charge in [-0.05, 0) is 25.0 Å². The molecule has 0 spiro atoms. The molecule has 102 valence electrons. The van der Waals surface area contributed by atoms with Crippen LogP contribution in [-0.2, 0) is 16.1 Å². The Bertz CT molecular complexity index is 492. The first kappa shape index (κ1) is 13.4. The minimum absolute atomic E-state index is 0.0219. The van der Waals surface area contributed by atoms with Crippen LogP contribution in [0.5, 0.6) is 5.75 Å². The van der Waals surface area contributed by atoms with Crippen molar-refractivity contribution < 1.29 is 19.4 Å². The van der Waals surface area contributed by atoms with Crippen LogP contribution in [0.3, 0.4) is 0 Å². The molecule has 0 unspecified atom stereocenters. The maximum atomic E-state index is 12.3. The molecule has 5 heteroatoms. The SMILES string of the molecule is CC(=O)OCc1c(O)cccc1C(=O)N1CCCC1. The molecule has 1 N–H and O–H groups in total. The van der Waals surface area contributed by atoms with Gasteiger partial charge in [-0.25, -0.2) is 0 Å². The van der Waals surface area contributed by atoms with Gasteiger partial charge in [-0.1, -0.05) is 6.07 Å². The predicted octanol–water partition coefficient (Wildman–Crippen LogP) is 1.69. The van der Waals surface area contributed by atoms with Gasteiger partial charge in [-0.15, -0.1) is 0 Å². The topological polar surface area (TPSA) is 66.8 Å². The summed E-state index contributed by atoms with van der Waals surface area (Å²) in [5, 5.41) is 9.83. The van der Waals surface area contributed by atoms with E-state index in [0.29, 0.717) is 11.1 Å². The van der Waals surface area contributed by atoms with Gasteiger partial charge in [0.15, 0.2) is 0 Å². The first-order valence-electron chi connectivity index (χ1n) is 6.33. The zero-order valence-electron chi connectivity index (χ0n) is 10.9. The van der Waals surface area contributed by atoms with E-state index in [1.807, 2.05) is 0 Å². The molecule has 0 radical (unpaired) electrons. The van der Waals surface area contributed by atoms with Crippen molar-refractivity contribution in [1.82, 2.24) is 4.90 Å². The molecule has 1 heterocycles. The van der Waals surface area contributed by atoms with E-state index in [2.05, 4.69) is 0 Å². The molecule has 1 fully saturated rings. The summed E-state index contributed by atoms with van der Waals surface area (Å²) >= 11 is 0. The number of esters is 1. The zero-order chi connectivity index (χ0) is 13.8. The van der Waals surface area contributed by atoms with E-state index in [4.69, 9.17) is 4.74 Å². The first-order chi connectivity index (χ1) is 9.09. The van der Waals surface area contributed by atoms with Gasteiger partial charge in [0.2, 0.25) is 0 Å². The van der Waals surface area contributed by atoms with Crippen LogP contribution in [-0.4, -0.2) is 35.0 Å². The summed E-state index contributed by atoms with van der Waals surface area (Å²) in [7, 11) is 0. The van der Waals surface area contributed by atoms with Crippen LogP contribution in [0, 0.1) is 0 Å². The van der Waals surface area contributed by atoms with Crippen molar-refractivity contribution in [2.75, 3.05) is 13.1 Å². The zero-order valence-corrected chi connectivity index (χ0v) is 10.9. The Morgan fingerprint density at radius 2 is 2.00 bits per heavy atom. The van der Waals surface area contributed by atoms with Crippen molar-refractivity contribution in [3.63, 3.8) is 0 Å². The summed E-state index contributed by atoms with van der Waals surface area (Å²) in [5.41, 5.74) is 0.776. The van der Waals surface area contributed by atoms with Gasteiger partial charge in [0.25, 0.3) is 5.91 Å². The van der Waals surface area contributed by atoms with Gasteiger partial charge < -0.3 is 14.7 Å². The number of nitrogens with zero attached hydrogens (tertiary/aromatic N) is 1. The van der Waals surface area contributed by atoms with Crippen LogP contribution < -0.4 is 0 Å². The number of ether oxygens (including phenoxy) is 1. The van der Waals surface area contributed by atoms with E-state index in [9.17, 15) is 14.7 Å². The van der Waals surface area contributed by atoms with E-state index in [0.717, 1.165) is 25.9 Å². The highest BCUT2D eigenvalue weighted by molar-refractivity contribution is 5.96. The maximum Gasteiger partial charge on any atom is 0.302 e. The fourth-order valence-electron chi connectivity index (χ4n) is 2.19. The van der Waals surface area contributed by atoms with E-state index >= 15 is 0 Å². The van der Waals surface area contributed by atoms with Crippen molar-refractivity contribution in [3.05, 3.63) is 29.3 Å². The number of benzene rings is 1. The second kappa shape index (κ2) is 5.73. The van der Waals surface area contributed by atoms with Gasteiger partial charge >= 0.3 is 5.97 Å². The van der Waals surface area contributed by atoms with Crippen LogP contribution in [0.4, 0.5) is 0 Å². The van der Waals surface area contributed by atoms with Gasteiger partial charge in [0, 0.05) is 31.1 Å². The van der Waals surface area contributed by atoms with E-state index < -0.39 is 5.97 Å². The molecule has 1 amide bonds. The van der Waals surface area contributed by atoms with Crippen LogP contribution in [0.1, 0.15) is 35.7 Å². The average Bonchev–Trinajstić information content (AvgIpc) is 2.89. The number of rotatable bonds is 3. The Morgan fingerprint density at radius 3 is 2.63 bits per heavy atom. The molecule has 0 atom stereocenters. The van der Waals surface area contributed by atoms with Gasteiger partial charge in [-0.3, -0.25) is 9.59 Å². The number of phenolic OH excluding ortho intramolecular Hbond substituents is 1. The molecule has 1 aromatic carbocycles. The maximum absolute atomic E-state index is 12.3. The summed E-state index contributed by atoms with van der Waals surface area (Å²) in [6.07, 6.45) is 2.01. The number of hydrogen-bond acceptors (Lipinski definition) is 4. The molecule has 5 nitrogen and oxygen atoms in total. The lowest BCUT2D eigenvalue weighted by Gasteiger charge is -2.18. The van der Waals surface area contributed by atoms with Crippen molar-refractivity contribution >= 4 is 11.9 Å². The van der Waals surface area contributed by atoms with E-state index in [-0.39, 0.29) is 18.3 Å². The summed E-state index contributed by atoms with van der Waals surface area (Å²) in [6.45, 7) is 2.68. The standard InChI is InChI=1S/C14H17NO4/c1-10(16)19-9-12-11(5-4-6-13(12)17)14(18)15-7-2-3-8-15/h4-6,17H,2-3,7-9H2,1H3. The fourth-order valence-corrected chi connectivity index (χ4v) is 2.19. The normalized spacial score (nSPS) is 14.5. The van der Waals surface area contributed by atoms with Crippen molar-refractivity contribution in [1.29, 1.82) is 0 Å². The van der Waals surface area contributed by atoms with Crippen LogP contribution >= 0.6 is 0 Å². The highest BCUT2D eigenvalue weighted by atomic mass is 16.5. The number of hydrogen-bond donors (Lipinski definition) is 1. The molecule has 1 aliphatic rings. The lowest BCUT2D eigenvalue weighted by molar-refractivity contribution is -0.142. The smallest absolute Gasteiger partial charge is 0.302 e. The Morgan fingerprint density at radius 1 is 1.32 bits per heavy atom. The Balaban J connectivity index is 2.25. The molecule has 0 bridgehead atoms. The number of carbonyl (C=O) groups is 2. The molecule has 1 saturated heterocycles. The predicted molar refractivity (Wildman–Crippen MR) is 68.7 cm³/mol. The Labute approximate surface area is 111 Å². The van der Waals surface area contributed by atoms with Gasteiger partial charge in [0.1, 0.15) is 12.4 Å². The summed E-state index contributed by atoms with van der Waals surface area (Å²) in [6, 6.07) is 4.76. The van der Waals surface area contributed by atoms with Gasteiger partial charge in [0.05, 0.1) is 0 Å². The summed E-state index contributed by atoms with van der Waals surface area (Å²) in [5.74, 6) is -0.579. The number of amides is 1. The molecular weight excluding hydrogens is 246 g/mol. The second-order valence-electron chi connectivity index (χ2n) is 4.58. The lowest BCUT2D eigenvalue weighted by atomic mass is 10.1. The Kier molecular flexibility index (Phi) is 4.04. The third kappa shape index (κ3) is 3.05. The third-order valence-electron chi connectivity index (χ3n) is 3.19. The first-order valence-corrected chi connectivity index (χ1v) is 6.33.